The summed E-state index contributed by atoms with van der Waals surface area (Å²) in [6.45, 7) is 1.37. The predicted octanol–water partition coefficient (Wildman–Crippen LogP) is 3.17. The number of ether oxygens (including phenoxy) is 2. The fraction of sp³-hybridized carbons (Fsp3) is 0.591. The van der Waals surface area contributed by atoms with Gasteiger partial charge in [0.2, 0.25) is 0 Å². The highest BCUT2D eigenvalue weighted by molar-refractivity contribution is 5.98. The third-order valence-corrected chi connectivity index (χ3v) is 6.69. The SMILES string of the molecule is COc1ccc(C(=O)O[C@@H](C)C(=O)NC(=O)NC23CC4CC(CC(C4)C2)C3)cc1F. The third kappa shape index (κ3) is 4.13. The van der Waals surface area contributed by atoms with Gasteiger partial charge in [0.25, 0.3) is 5.91 Å². The molecule has 0 saturated heterocycles. The highest BCUT2D eigenvalue weighted by Gasteiger charge is 2.51. The fourth-order valence-electron chi connectivity index (χ4n) is 5.82. The fourth-order valence-corrected chi connectivity index (χ4v) is 5.82. The first-order valence-corrected chi connectivity index (χ1v) is 10.4. The van der Waals surface area contributed by atoms with Gasteiger partial charge in [0.05, 0.1) is 12.7 Å². The Bertz CT molecular complexity index is 836. The minimum atomic E-state index is -1.20. The Labute approximate surface area is 174 Å². The summed E-state index contributed by atoms with van der Waals surface area (Å²) < 4.78 is 23.7. The number of methoxy groups -OCH3 is 1. The van der Waals surface area contributed by atoms with Crippen molar-refractivity contribution in [3.8, 4) is 5.75 Å². The van der Waals surface area contributed by atoms with Gasteiger partial charge < -0.3 is 14.8 Å². The predicted molar refractivity (Wildman–Crippen MR) is 105 cm³/mol. The number of carbonyl (C=O) groups excluding carboxylic acids is 3. The first kappa shape index (κ1) is 20.6. The van der Waals surface area contributed by atoms with Crippen molar-refractivity contribution in [2.75, 3.05) is 7.11 Å². The number of nitrogens with one attached hydrogen (secondary N) is 2. The van der Waals surface area contributed by atoms with Gasteiger partial charge >= 0.3 is 12.0 Å². The van der Waals surface area contributed by atoms with Crippen LogP contribution in [0.3, 0.4) is 0 Å². The smallest absolute Gasteiger partial charge is 0.339 e. The van der Waals surface area contributed by atoms with Crippen LogP contribution in [0.5, 0.6) is 5.75 Å². The minimum Gasteiger partial charge on any atom is -0.494 e. The van der Waals surface area contributed by atoms with Crippen LogP contribution in [-0.4, -0.2) is 36.7 Å². The van der Waals surface area contributed by atoms with Crippen LogP contribution in [0.4, 0.5) is 9.18 Å². The van der Waals surface area contributed by atoms with Gasteiger partial charge in [0.15, 0.2) is 17.7 Å². The molecule has 162 valence electrons. The monoisotopic (exact) mass is 418 g/mol. The van der Waals surface area contributed by atoms with Gasteiger partial charge in [-0.15, -0.1) is 0 Å². The van der Waals surface area contributed by atoms with E-state index in [0.29, 0.717) is 17.8 Å². The van der Waals surface area contributed by atoms with E-state index in [2.05, 4.69) is 10.6 Å². The van der Waals surface area contributed by atoms with E-state index in [9.17, 15) is 18.8 Å². The van der Waals surface area contributed by atoms with E-state index in [1.165, 1.54) is 45.4 Å². The molecule has 0 spiro atoms. The van der Waals surface area contributed by atoms with Crippen LogP contribution in [0.2, 0.25) is 0 Å². The summed E-state index contributed by atoms with van der Waals surface area (Å²) in [5.41, 5.74) is -0.273. The molecule has 5 rings (SSSR count). The Morgan fingerprint density at radius 2 is 1.70 bits per heavy atom. The average Bonchev–Trinajstić information content (AvgIpc) is 2.66. The molecule has 4 bridgehead atoms. The lowest BCUT2D eigenvalue weighted by molar-refractivity contribution is -0.128. The molecule has 0 heterocycles. The highest BCUT2D eigenvalue weighted by atomic mass is 19.1. The van der Waals surface area contributed by atoms with Gasteiger partial charge in [-0.1, -0.05) is 0 Å². The van der Waals surface area contributed by atoms with Crippen LogP contribution < -0.4 is 15.4 Å². The van der Waals surface area contributed by atoms with Gasteiger partial charge in [-0.3, -0.25) is 10.1 Å². The molecule has 30 heavy (non-hydrogen) atoms. The van der Waals surface area contributed by atoms with Crippen LogP contribution in [0, 0.1) is 23.6 Å². The van der Waals surface area contributed by atoms with Crippen molar-refractivity contribution in [1.29, 1.82) is 0 Å². The summed E-state index contributed by atoms with van der Waals surface area (Å²) in [6, 6.07) is 3.07. The van der Waals surface area contributed by atoms with Crippen molar-refractivity contribution in [1.82, 2.24) is 10.6 Å². The lowest BCUT2D eigenvalue weighted by atomic mass is 9.53. The molecule has 0 radical (unpaired) electrons. The van der Waals surface area contributed by atoms with E-state index < -0.39 is 29.8 Å². The number of hydrogen-bond acceptors (Lipinski definition) is 5. The number of amides is 3. The van der Waals surface area contributed by atoms with E-state index in [4.69, 9.17) is 9.47 Å². The van der Waals surface area contributed by atoms with E-state index in [-0.39, 0.29) is 16.9 Å². The molecular weight excluding hydrogens is 391 g/mol. The second-order valence-corrected chi connectivity index (χ2v) is 9.04. The van der Waals surface area contributed by atoms with E-state index in [1.807, 2.05) is 0 Å². The van der Waals surface area contributed by atoms with Crippen molar-refractivity contribution in [2.24, 2.45) is 17.8 Å². The number of carbonyl (C=O) groups is 3. The van der Waals surface area contributed by atoms with Crippen molar-refractivity contribution in [2.45, 2.75) is 57.1 Å². The van der Waals surface area contributed by atoms with Crippen LogP contribution in [0.25, 0.3) is 0 Å². The molecule has 0 aliphatic heterocycles. The number of esters is 1. The number of benzene rings is 1. The molecule has 2 N–H and O–H groups in total. The zero-order valence-corrected chi connectivity index (χ0v) is 17.2. The van der Waals surface area contributed by atoms with E-state index in [1.54, 1.807) is 0 Å². The Morgan fingerprint density at radius 1 is 1.10 bits per heavy atom. The quantitative estimate of drug-likeness (QED) is 0.717. The van der Waals surface area contributed by atoms with Gasteiger partial charge in [-0.25, -0.2) is 14.0 Å². The number of hydrogen-bond donors (Lipinski definition) is 2. The number of urea groups is 1. The molecule has 4 saturated carbocycles. The summed E-state index contributed by atoms with van der Waals surface area (Å²) in [5, 5.41) is 5.32. The summed E-state index contributed by atoms with van der Waals surface area (Å²) in [6.07, 6.45) is 5.45. The van der Waals surface area contributed by atoms with Crippen molar-refractivity contribution in [3.63, 3.8) is 0 Å². The maximum atomic E-state index is 13.8. The van der Waals surface area contributed by atoms with Gasteiger partial charge in [0.1, 0.15) is 0 Å². The minimum absolute atomic E-state index is 0.00121. The summed E-state index contributed by atoms with van der Waals surface area (Å²) >= 11 is 0. The molecule has 4 aliphatic rings. The molecule has 0 unspecified atom stereocenters. The van der Waals surface area contributed by atoms with Crippen LogP contribution in [0.1, 0.15) is 55.8 Å². The van der Waals surface area contributed by atoms with Gasteiger partial charge in [0, 0.05) is 5.54 Å². The summed E-state index contributed by atoms with van der Waals surface area (Å²) in [7, 11) is 1.32. The molecule has 1 atom stereocenters. The molecule has 1 aromatic rings. The lowest BCUT2D eigenvalue weighted by Gasteiger charge is -2.56. The van der Waals surface area contributed by atoms with E-state index >= 15 is 0 Å². The molecule has 3 amide bonds. The highest BCUT2D eigenvalue weighted by Crippen LogP contribution is 2.55. The van der Waals surface area contributed by atoms with Crippen molar-refractivity contribution >= 4 is 17.9 Å². The maximum absolute atomic E-state index is 13.8. The maximum Gasteiger partial charge on any atom is 0.339 e. The molecule has 8 heteroatoms. The first-order valence-electron chi connectivity index (χ1n) is 10.4. The Hall–Kier alpha value is -2.64. The van der Waals surface area contributed by atoms with Crippen LogP contribution in [-0.2, 0) is 9.53 Å². The standard InChI is InChI=1S/C22H27FN2O5/c1-12(30-20(27)16-3-4-18(29-2)17(23)8-16)19(26)24-21(28)25-22-9-13-5-14(10-22)7-15(6-13)11-22/h3-4,8,12-15H,5-7,9-11H2,1-2H3,(H2,24,25,26,28)/t12-,13?,14?,15?,22?/m0/s1. The Morgan fingerprint density at radius 3 is 2.23 bits per heavy atom. The second-order valence-electron chi connectivity index (χ2n) is 9.04. The van der Waals surface area contributed by atoms with Crippen molar-refractivity contribution < 1.29 is 28.2 Å². The van der Waals surface area contributed by atoms with E-state index in [0.717, 1.165) is 25.3 Å². The topological polar surface area (TPSA) is 93.7 Å². The van der Waals surface area contributed by atoms with Crippen LogP contribution >= 0.6 is 0 Å². The average molecular weight is 418 g/mol. The molecule has 7 nitrogen and oxygen atoms in total. The summed E-state index contributed by atoms with van der Waals surface area (Å²) in [4.78, 5) is 37.0. The van der Waals surface area contributed by atoms with Crippen LogP contribution in [0.15, 0.2) is 18.2 Å². The Kier molecular flexibility index (Phi) is 5.42. The Balaban J connectivity index is 1.30. The number of imide groups is 1. The third-order valence-electron chi connectivity index (χ3n) is 6.69. The molecule has 0 aromatic heterocycles. The largest absolute Gasteiger partial charge is 0.494 e. The lowest BCUT2D eigenvalue weighted by Crippen LogP contribution is -2.62. The number of halogens is 1. The molecule has 1 aromatic carbocycles. The second kappa shape index (κ2) is 7.89. The molecule has 4 fully saturated rings. The zero-order valence-electron chi connectivity index (χ0n) is 17.2. The van der Waals surface area contributed by atoms with Crippen molar-refractivity contribution in [3.05, 3.63) is 29.6 Å². The first-order chi connectivity index (χ1) is 14.3. The number of rotatable bonds is 5. The summed E-state index contributed by atoms with van der Waals surface area (Å²) in [5.74, 6) is -0.302. The molecule has 4 aliphatic carbocycles. The molecular formula is C22H27FN2O5. The van der Waals surface area contributed by atoms with Gasteiger partial charge in [-0.05, 0) is 81.4 Å². The zero-order chi connectivity index (χ0) is 21.5. The van der Waals surface area contributed by atoms with Gasteiger partial charge in [-0.2, -0.15) is 0 Å². The normalized spacial score (nSPS) is 29.8.